The van der Waals surface area contributed by atoms with Crippen LogP contribution in [-0.4, -0.2) is 25.7 Å². The number of aromatic nitrogens is 4. The number of hydrogen-bond donors (Lipinski definition) is 2. The van der Waals surface area contributed by atoms with Crippen LogP contribution in [0.25, 0.3) is 16.6 Å². The quantitative estimate of drug-likeness (QED) is 0.570. The van der Waals surface area contributed by atoms with Gasteiger partial charge in [-0.25, -0.2) is 8.91 Å². The molecular weight excluding hydrogens is 361 g/mol. The smallest absolute Gasteiger partial charge is 0.277 e. The molecule has 2 heterocycles. The van der Waals surface area contributed by atoms with Gasteiger partial charge in [0.1, 0.15) is 5.82 Å². The zero-order valence-electron chi connectivity index (χ0n) is 15.4. The Hall–Kier alpha value is -3.55. The fourth-order valence-electron chi connectivity index (χ4n) is 3.17. The highest BCUT2D eigenvalue weighted by molar-refractivity contribution is 5.99. The summed E-state index contributed by atoms with van der Waals surface area (Å²) in [7, 11) is 0. The maximum atomic E-state index is 13.4. The molecule has 8 heteroatoms. The third-order valence-electron chi connectivity index (χ3n) is 4.77. The summed E-state index contributed by atoms with van der Waals surface area (Å²) >= 11 is 0. The minimum Gasteiger partial charge on any atom is -0.344 e. The first-order valence-corrected chi connectivity index (χ1v) is 8.94. The summed E-state index contributed by atoms with van der Waals surface area (Å²) in [4.78, 5) is 27.8. The molecule has 2 aromatic heterocycles. The summed E-state index contributed by atoms with van der Waals surface area (Å²) in [6.45, 7) is 3.93. The molecule has 4 rings (SSSR count). The van der Waals surface area contributed by atoms with Crippen LogP contribution in [0.5, 0.6) is 0 Å². The van der Waals surface area contributed by atoms with E-state index in [-0.39, 0.29) is 22.8 Å². The topological polar surface area (TPSA) is 92.2 Å². The number of amides is 1. The number of carbonyl (C=O) groups is 1. The van der Waals surface area contributed by atoms with Crippen molar-refractivity contribution in [3.8, 4) is 0 Å². The average Bonchev–Trinajstić information content (AvgIpc) is 3.14. The number of aromatic amines is 1. The molecule has 0 radical (unpaired) electrons. The van der Waals surface area contributed by atoms with Crippen molar-refractivity contribution in [2.45, 2.75) is 26.3 Å². The first kappa shape index (κ1) is 17.8. The maximum Gasteiger partial charge on any atom is 0.277 e. The van der Waals surface area contributed by atoms with Crippen LogP contribution in [0.4, 0.5) is 4.39 Å². The Morgan fingerprint density at radius 3 is 2.71 bits per heavy atom. The van der Waals surface area contributed by atoms with E-state index < -0.39 is 17.3 Å². The lowest BCUT2D eigenvalue weighted by Crippen LogP contribution is -2.28. The molecule has 0 bridgehead atoms. The highest BCUT2D eigenvalue weighted by Gasteiger charge is 2.21. The Kier molecular flexibility index (Phi) is 4.38. The van der Waals surface area contributed by atoms with Crippen LogP contribution in [0.3, 0.4) is 0 Å². The second-order valence-electron chi connectivity index (χ2n) is 6.60. The summed E-state index contributed by atoms with van der Waals surface area (Å²) in [6.07, 6.45) is 0.938. The zero-order chi connectivity index (χ0) is 19.8. The molecule has 0 unspecified atom stereocenters. The van der Waals surface area contributed by atoms with E-state index in [0.717, 1.165) is 12.0 Å². The minimum absolute atomic E-state index is 0.0186. The number of rotatable bonds is 4. The first-order valence-electron chi connectivity index (χ1n) is 8.94. The molecule has 0 aliphatic carbocycles. The Bertz CT molecular complexity index is 1240. The summed E-state index contributed by atoms with van der Waals surface area (Å²) in [5.41, 5.74) is 2.26. The SMILES string of the molecule is CCc1ccc([C@H](C)NC(=O)c2nnn3c2c(=O)[nH]c2cc(F)ccc23)cc1. The largest absolute Gasteiger partial charge is 0.344 e. The van der Waals surface area contributed by atoms with Gasteiger partial charge in [-0.1, -0.05) is 36.4 Å². The van der Waals surface area contributed by atoms with Gasteiger partial charge in [0.2, 0.25) is 0 Å². The van der Waals surface area contributed by atoms with Gasteiger partial charge >= 0.3 is 0 Å². The molecule has 0 aliphatic rings. The molecule has 7 nitrogen and oxygen atoms in total. The van der Waals surface area contributed by atoms with E-state index in [9.17, 15) is 14.0 Å². The fraction of sp³-hybridized carbons (Fsp3) is 0.200. The van der Waals surface area contributed by atoms with Gasteiger partial charge in [-0.3, -0.25) is 9.59 Å². The van der Waals surface area contributed by atoms with Crippen LogP contribution in [-0.2, 0) is 6.42 Å². The Morgan fingerprint density at radius 2 is 2.00 bits per heavy atom. The van der Waals surface area contributed by atoms with Gasteiger partial charge in [0.05, 0.1) is 17.1 Å². The fourth-order valence-corrected chi connectivity index (χ4v) is 3.17. The molecule has 2 N–H and O–H groups in total. The lowest BCUT2D eigenvalue weighted by atomic mass is 10.0. The van der Waals surface area contributed by atoms with E-state index >= 15 is 0 Å². The molecular formula is C20H18FN5O2. The highest BCUT2D eigenvalue weighted by atomic mass is 19.1. The van der Waals surface area contributed by atoms with E-state index in [1.165, 1.54) is 28.3 Å². The Morgan fingerprint density at radius 1 is 1.25 bits per heavy atom. The van der Waals surface area contributed by atoms with E-state index in [2.05, 4.69) is 27.5 Å². The molecule has 0 spiro atoms. The first-order chi connectivity index (χ1) is 13.5. The number of hydrogen-bond acceptors (Lipinski definition) is 4. The van der Waals surface area contributed by atoms with Gasteiger partial charge in [-0.05, 0) is 42.7 Å². The molecule has 1 amide bonds. The Labute approximate surface area is 159 Å². The average molecular weight is 379 g/mol. The number of aryl methyl sites for hydroxylation is 1. The highest BCUT2D eigenvalue weighted by Crippen LogP contribution is 2.17. The molecule has 0 saturated heterocycles. The zero-order valence-corrected chi connectivity index (χ0v) is 15.4. The molecule has 2 aromatic carbocycles. The van der Waals surface area contributed by atoms with Gasteiger partial charge < -0.3 is 10.3 Å². The number of nitrogens with one attached hydrogen (secondary N) is 2. The second kappa shape index (κ2) is 6.88. The summed E-state index contributed by atoms with van der Waals surface area (Å²) in [6, 6.07) is 11.6. The van der Waals surface area contributed by atoms with Gasteiger partial charge in [-0.15, -0.1) is 5.10 Å². The molecule has 142 valence electrons. The van der Waals surface area contributed by atoms with Crippen LogP contribution < -0.4 is 10.9 Å². The van der Waals surface area contributed by atoms with Crippen molar-refractivity contribution in [3.05, 3.63) is 75.5 Å². The van der Waals surface area contributed by atoms with Crippen molar-refractivity contribution < 1.29 is 9.18 Å². The van der Waals surface area contributed by atoms with E-state index in [4.69, 9.17) is 0 Å². The summed E-state index contributed by atoms with van der Waals surface area (Å²) in [5, 5.41) is 10.7. The monoisotopic (exact) mass is 379 g/mol. The molecule has 28 heavy (non-hydrogen) atoms. The number of H-pyrrole nitrogens is 1. The third kappa shape index (κ3) is 3.02. The Balaban J connectivity index is 1.69. The maximum absolute atomic E-state index is 13.4. The van der Waals surface area contributed by atoms with Gasteiger partial charge in [0.15, 0.2) is 11.2 Å². The lowest BCUT2D eigenvalue weighted by Gasteiger charge is -2.14. The number of benzene rings is 2. The standard InChI is InChI=1S/C20H18FN5O2/c1-3-12-4-6-13(7-5-12)11(2)22-19(27)17-18-20(28)23-15-10-14(21)8-9-16(15)26(18)25-24-17/h4-11H,3H2,1-2H3,(H,22,27)(H,23,28)/t11-/m0/s1. The van der Waals surface area contributed by atoms with Gasteiger partial charge in [0, 0.05) is 0 Å². The normalized spacial score (nSPS) is 12.4. The molecule has 4 aromatic rings. The van der Waals surface area contributed by atoms with E-state index in [1.54, 1.807) is 0 Å². The van der Waals surface area contributed by atoms with Crippen LogP contribution in [0, 0.1) is 5.82 Å². The molecule has 0 saturated carbocycles. The lowest BCUT2D eigenvalue weighted by molar-refractivity contribution is 0.0936. The van der Waals surface area contributed by atoms with Crippen LogP contribution in [0.15, 0.2) is 47.3 Å². The number of halogens is 1. The van der Waals surface area contributed by atoms with Crippen molar-refractivity contribution in [1.82, 2.24) is 25.1 Å². The predicted octanol–water partition coefficient (Wildman–Crippen LogP) is 2.76. The third-order valence-corrected chi connectivity index (χ3v) is 4.77. The van der Waals surface area contributed by atoms with Crippen molar-refractivity contribution in [2.24, 2.45) is 0 Å². The van der Waals surface area contributed by atoms with Crippen molar-refractivity contribution in [1.29, 1.82) is 0 Å². The van der Waals surface area contributed by atoms with Gasteiger partial charge in [0.25, 0.3) is 11.5 Å². The van der Waals surface area contributed by atoms with E-state index in [0.29, 0.717) is 5.52 Å². The van der Waals surface area contributed by atoms with E-state index in [1.807, 2.05) is 31.2 Å². The van der Waals surface area contributed by atoms with Crippen molar-refractivity contribution in [2.75, 3.05) is 0 Å². The number of fused-ring (bicyclic) bond motifs is 3. The van der Waals surface area contributed by atoms with Gasteiger partial charge in [-0.2, -0.15) is 0 Å². The molecule has 0 fully saturated rings. The van der Waals surface area contributed by atoms with Crippen LogP contribution >= 0.6 is 0 Å². The van der Waals surface area contributed by atoms with Crippen LogP contribution in [0.1, 0.15) is 41.5 Å². The van der Waals surface area contributed by atoms with Crippen LogP contribution in [0.2, 0.25) is 0 Å². The van der Waals surface area contributed by atoms with Crippen molar-refractivity contribution >= 4 is 22.5 Å². The number of carbonyl (C=O) groups excluding carboxylic acids is 1. The minimum atomic E-state index is -0.562. The molecule has 0 aliphatic heterocycles. The second-order valence-corrected chi connectivity index (χ2v) is 6.60. The summed E-state index contributed by atoms with van der Waals surface area (Å²) in [5.74, 6) is -0.988. The van der Waals surface area contributed by atoms with Crippen molar-refractivity contribution in [3.63, 3.8) is 0 Å². The predicted molar refractivity (Wildman–Crippen MR) is 103 cm³/mol. The number of nitrogens with zero attached hydrogens (tertiary/aromatic N) is 3. The molecule has 1 atom stereocenters. The summed E-state index contributed by atoms with van der Waals surface area (Å²) < 4.78 is 14.7.